The van der Waals surface area contributed by atoms with E-state index in [9.17, 15) is 9.90 Å². The molecule has 1 N–H and O–H groups in total. The van der Waals surface area contributed by atoms with E-state index in [1.807, 2.05) is 0 Å². The number of nitrogens with zero attached hydrogens (tertiary/aromatic N) is 1. The van der Waals surface area contributed by atoms with Crippen molar-refractivity contribution in [2.24, 2.45) is 0 Å². The summed E-state index contributed by atoms with van der Waals surface area (Å²) in [6.07, 6.45) is 1.20. The van der Waals surface area contributed by atoms with Gasteiger partial charge in [-0.15, -0.1) is 0 Å². The van der Waals surface area contributed by atoms with E-state index in [0.717, 1.165) is 6.42 Å². The van der Waals surface area contributed by atoms with Gasteiger partial charge in [0, 0.05) is 33.7 Å². The number of likely N-dealkylation sites (N-methyl/N-ethyl adjacent to an activating group) is 1. The molecule has 0 aromatic carbocycles. The molecule has 0 bridgehead atoms. The topological polar surface area (TPSA) is 49.8 Å². The monoisotopic (exact) mass is 203 g/mol. The molecule has 0 rings (SSSR count). The number of methoxy groups -OCH3 is 1. The third-order valence-electron chi connectivity index (χ3n) is 1.79. The van der Waals surface area contributed by atoms with Crippen molar-refractivity contribution in [3.05, 3.63) is 0 Å². The normalized spacial score (nSPS) is 11.5. The van der Waals surface area contributed by atoms with E-state index < -0.39 is 5.60 Å². The van der Waals surface area contributed by atoms with Gasteiger partial charge < -0.3 is 14.7 Å². The lowest BCUT2D eigenvalue weighted by molar-refractivity contribution is -0.132. The lowest BCUT2D eigenvalue weighted by atomic mass is 10.1. The van der Waals surface area contributed by atoms with Crippen LogP contribution < -0.4 is 0 Å². The van der Waals surface area contributed by atoms with Gasteiger partial charge in [0.1, 0.15) is 0 Å². The maximum absolute atomic E-state index is 11.5. The maximum Gasteiger partial charge on any atom is 0.222 e. The summed E-state index contributed by atoms with van der Waals surface area (Å²) >= 11 is 0. The Labute approximate surface area is 85.9 Å². The van der Waals surface area contributed by atoms with Crippen LogP contribution in [0.2, 0.25) is 0 Å². The lowest BCUT2D eigenvalue weighted by Gasteiger charge is -2.25. The van der Waals surface area contributed by atoms with Gasteiger partial charge in [0.25, 0.3) is 0 Å². The average molecular weight is 203 g/mol. The molecule has 0 aromatic rings. The number of hydrogen-bond acceptors (Lipinski definition) is 3. The van der Waals surface area contributed by atoms with Gasteiger partial charge in [-0.2, -0.15) is 0 Å². The van der Waals surface area contributed by atoms with Crippen LogP contribution in [0.15, 0.2) is 0 Å². The molecule has 0 aliphatic heterocycles. The average Bonchev–Trinajstić information content (AvgIpc) is 2.01. The Kier molecular flexibility index (Phi) is 5.72. The van der Waals surface area contributed by atoms with E-state index in [1.54, 1.807) is 32.9 Å². The van der Waals surface area contributed by atoms with Crippen molar-refractivity contribution in [3.8, 4) is 0 Å². The first-order valence-corrected chi connectivity index (χ1v) is 4.82. The first-order chi connectivity index (χ1) is 6.37. The molecule has 0 aliphatic carbocycles. The molecule has 0 heterocycles. The highest BCUT2D eigenvalue weighted by Gasteiger charge is 2.18. The van der Waals surface area contributed by atoms with Gasteiger partial charge >= 0.3 is 0 Å². The van der Waals surface area contributed by atoms with Crippen LogP contribution in [0.3, 0.4) is 0 Å². The van der Waals surface area contributed by atoms with E-state index in [1.165, 1.54) is 0 Å². The largest absolute Gasteiger partial charge is 0.389 e. The summed E-state index contributed by atoms with van der Waals surface area (Å²) in [6.45, 7) is 4.33. The third kappa shape index (κ3) is 6.86. The fraction of sp³-hybridized carbons (Fsp3) is 0.900. The Morgan fingerprint density at radius 3 is 2.50 bits per heavy atom. The molecule has 0 unspecified atom stereocenters. The van der Waals surface area contributed by atoms with E-state index in [4.69, 9.17) is 4.74 Å². The molecule has 0 fully saturated rings. The number of carbonyl (C=O) groups excluding carboxylic acids is 1. The highest BCUT2D eigenvalue weighted by atomic mass is 16.5. The molecule has 4 heteroatoms. The molecule has 4 nitrogen and oxygen atoms in total. The minimum Gasteiger partial charge on any atom is -0.389 e. The standard InChI is InChI=1S/C10H21NO3/c1-10(2,13)8-11(3)9(12)6-5-7-14-4/h13H,5-8H2,1-4H3. The second-order valence-corrected chi connectivity index (χ2v) is 4.16. The summed E-state index contributed by atoms with van der Waals surface area (Å²) < 4.78 is 4.85. The van der Waals surface area contributed by atoms with E-state index in [0.29, 0.717) is 19.6 Å². The number of rotatable bonds is 6. The van der Waals surface area contributed by atoms with Crippen molar-refractivity contribution >= 4 is 5.91 Å². The van der Waals surface area contributed by atoms with Gasteiger partial charge in [0.05, 0.1) is 5.60 Å². The van der Waals surface area contributed by atoms with Gasteiger partial charge in [0.2, 0.25) is 5.91 Å². The SMILES string of the molecule is COCCCC(=O)N(C)CC(C)(C)O. The van der Waals surface area contributed by atoms with Crippen LogP contribution in [0.1, 0.15) is 26.7 Å². The molecule has 0 radical (unpaired) electrons. The Bertz CT molecular complexity index is 175. The number of hydrogen-bond donors (Lipinski definition) is 1. The molecule has 0 saturated carbocycles. The summed E-state index contributed by atoms with van der Waals surface area (Å²) in [5.74, 6) is 0.0455. The Balaban J connectivity index is 3.77. The van der Waals surface area contributed by atoms with Crippen molar-refractivity contribution in [1.29, 1.82) is 0 Å². The number of amides is 1. The molecule has 1 amide bonds. The van der Waals surface area contributed by atoms with Gasteiger partial charge in [-0.25, -0.2) is 0 Å². The summed E-state index contributed by atoms with van der Waals surface area (Å²) in [5.41, 5.74) is -0.828. The molecular weight excluding hydrogens is 182 g/mol. The predicted octanol–water partition coefficient (Wildman–Crippen LogP) is 0.642. The van der Waals surface area contributed by atoms with E-state index >= 15 is 0 Å². The zero-order valence-corrected chi connectivity index (χ0v) is 9.54. The van der Waals surface area contributed by atoms with E-state index in [-0.39, 0.29) is 5.91 Å². The lowest BCUT2D eigenvalue weighted by Crippen LogP contribution is -2.39. The number of aliphatic hydroxyl groups is 1. The first-order valence-electron chi connectivity index (χ1n) is 4.82. The quantitative estimate of drug-likeness (QED) is 0.645. The van der Waals surface area contributed by atoms with Crippen molar-refractivity contribution in [3.63, 3.8) is 0 Å². The van der Waals surface area contributed by atoms with Crippen LogP contribution >= 0.6 is 0 Å². The molecular formula is C10H21NO3. The zero-order valence-electron chi connectivity index (χ0n) is 9.54. The van der Waals surface area contributed by atoms with Gasteiger partial charge in [-0.05, 0) is 20.3 Å². The molecule has 0 atom stereocenters. The zero-order chi connectivity index (χ0) is 11.2. The van der Waals surface area contributed by atoms with Gasteiger partial charge in [-0.3, -0.25) is 4.79 Å². The Morgan fingerprint density at radius 1 is 1.50 bits per heavy atom. The van der Waals surface area contributed by atoms with Gasteiger partial charge in [0.15, 0.2) is 0 Å². The van der Waals surface area contributed by atoms with Crippen LogP contribution in [-0.4, -0.2) is 48.8 Å². The molecule has 0 aliphatic rings. The highest BCUT2D eigenvalue weighted by molar-refractivity contribution is 5.75. The van der Waals surface area contributed by atoms with Crippen LogP contribution in [-0.2, 0) is 9.53 Å². The fourth-order valence-corrected chi connectivity index (χ4v) is 1.23. The second kappa shape index (κ2) is 5.98. The fourth-order valence-electron chi connectivity index (χ4n) is 1.23. The van der Waals surface area contributed by atoms with Gasteiger partial charge in [-0.1, -0.05) is 0 Å². The minimum absolute atomic E-state index is 0.0455. The second-order valence-electron chi connectivity index (χ2n) is 4.16. The van der Waals surface area contributed by atoms with Crippen molar-refractivity contribution in [2.75, 3.05) is 27.3 Å². The molecule has 14 heavy (non-hydrogen) atoms. The van der Waals surface area contributed by atoms with Crippen LogP contribution in [0.25, 0.3) is 0 Å². The summed E-state index contributed by atoms with van der Waals surface area (Å²) in [6, 6.07) is 0. The number of ether oxygens (including phenoxy) is 1. The highest BCUT2D eigenvalue weighted by Crippen LogP contribution is 2.05. The predicted molar refractivity (Wildman–Crippen MR) is 55.0 cm³/mol. The summed E-state index contributed by atoms with van der Waals surface area (Å²) in [4.78, 5) is 13.0. The third-order valence-corrected chi connectivity index (χ3v) is 1.79. The van der Waals surface area contributed by atoms with Crippen molar-refractivity contribution < 1.29 is 14.6 Å². The Hall–Kier alpha value is -0.610. The number of carbonyl (C=O) groups is 1. The summed E-state index contributed by atoms with van der Waals surface area (Å²) in [7, 11) is 3.32. The summed E-state index contributed by atoms with van der Waals surface area (Å²) in [5, 5.41) is 9.49. The minimum atomic E-state index is -0.828. The molecule has 0 saturated heterocycles. The Morgan fingerprint density at radius 2 is 2.07 bits per heavy atom. The molecule has 0 spiro atoms. The van der Waals surface area contributed by atoms with Crippen LogP contribution in [0.5, 0.6) is 0 Å². The first kappa shape index (κ1) is 13.4. The van der Waals surface area contributed by atoms with Crippen molar-refractivity contribution in [1.82, 2.24) is 4.90 Å². The smallest absolute Gasteiger partial charge is 0.222 e. The molecule has 0 aromatic heterocycles. The van der Waals surface area contributed by atoms with E-state index in [2.05, 4.69) is 0 Å². The van der Waals surface area contributed by atoms with Crippen LogP contribution in [0.4, 0.5) is 0 Å². The van der Waals surface area contributed by atoms with Crippen molar-refractivity contribution in [2.45, 2.75) is 32.3 Å². The maximum atomic E-state index is 11.5. The van der Waals surface area contributed by atoms with Crippen LogP contribution in [0, 0.1) is 0 Å². The molecule has 84 valence electrons.